The van der Waals surface area contributed by atoms with Gasteiger partial charge in [0.15, 0.2) is 6.10 Å². The minimum atomic E-state index is -3.52. The molecule has 0 saturated carbocycles. The van der Waals surface area contributed by atoms with Crippen LogP contribution >= 0.6 is 0 Å². The number of benzene rings is 1. The van der Waals surface area contributed by atoms with Crippen LogP contribution in [0.3, 0.4) is 0 Å². The molecular formula is C18H26FN3O5S. The third-order valence-electron chi connectivity index (χ3n) is 4.38. The third kappa shape index (κ3) is 5.90. The number of nitrogens with zero attached hydrogens (tertiary/aromatic N) is 1. The van der Waals surface area contributed by atoms with Crippen LogP contribution in [0.15, 0.2) is 24.3 Å². The summed E-state index contributed by atoms with van der Waals surface area (Å²) in [6.07, 6.45) is 1.33. The Morgan fingerprint density at radius 3 is 2.57 bits per heavy atom. The minimum absolute atomic E-state index is 0.0221. The molecule has 0 aromatic heterocycles. The number of ether oxygens (including phenoxy) is 1. The lowest BCUT2D eigenvalue weighted by molar-refractivity contribution is -0.134. The second-order valence-corrected chi connectivity index (χ2v) is 8.67. The van der Waals surface area contributed by atoms with Crippen LogP contribution in [0, 0.1) is 5.82 Å². The average Bonchev–Trinajstić information content (AvgIpc) is 2.67. The number of nitrogens with one attached hydrogen (secondary N) is 2. The number of hydrogen-bond donors (Lipinski definition) is 2. The van der Waals surface area contributed by atoms with Gasteiger partial charge in [0.05, 0.1) is 5.75 Å². The predicted molar refractivity (Wildman–Crippen MR) is 101 cm³/mol. The van der Waals surface area contributed by atoms with Gasteiger partial charge in [0, 0.05) is 6.54 Å². The second-order valence-electron chi connectivity index (χ2n) is 6.63. The van der Waals surface area contributed by atoms with Gasteiger partial charge >= 0.3 is 0 Å². The lowest BCUT2D eigenvalue weighted by Crippen LogP contribution is -2.57. The smallest absolute Gasteiger partial charge is 0.279 e. The van der Waals surface area contributed by atoms with Crippen LogP contribution in [0.2, 0.25) is 0 Å². The molecule has 0 spiro atoms. The molecule has 1 saturated heterocycles. The number of hydrogen-bond acceptors (Lipinski definition) is 5. The van der Waals surface area contributed by atoms with E-state index < -0.39 is 39.8 Å². The largest absolute Gasteiger partial charge is 0.481 e. The van der Waals surface area contributed by atoms with Crippen molar-refractivity contribution in [2.75, 3.05) is 12.3 Å². The van der Waals surface area contributed by atoms with Crippen molar-refractivity contribution in [2.45, 2.75) is 51.7 Å². The molecule has 2 unspecified atom stereocenters. The van der Waals surface area contributed by atoms with Gasteiger partial charge in [0.25, 0.3) is 11.8 Å². The SMILES string of the molecule is CCCS(=O)(=O)N1CCCCC1C(=O)NNC(=O)C(C)Oc1ccc(F)cc1. The summed E-state index contributed by atoms with van der Waals surface area (Å²) in [6.45, 7) is 3.53. The molecule has 1 fully saturated rings. The van der Waals surface area contributed by atoms with Crippen molar-refractivity contribution in [1.29, 1.82) is 0 Å². The van der Waals surface area contributed by atoms with Crippen LogP contribution in [-0.4, -0.2) is 49.0 Å². The van der Waals surface area contributed by atoms with Crippen molar-refractivity contribution >= 4 is 21.8 Å². The number of carbonyl (C=O) groups excluding carboxylic acids is 2. The molecule has 28 heavy (non-hydrogen) atoms. The molecule has 1 aliphatic rings. The molecular weight excluding hydrogens is 389 g/mol. The number of hydrazine groups is 1. The highest BCUT2D eigenvalue weighted by atomic mass is 32.2. The molecule has 8 nitrogen and oxygen atoms in total. The quantitative estimate of drug-likeness (QED) is 0.654. The number of sulfonamides is 1. The van der Waals surface area contributed by atoms with E-state index in [4.69, 9.17) is 4.74 Å². The summed E-state index contributed by atoms with van der Waals surface area (Å²) >= 11 is 0. The topological polar surface area (TPSA) is 105 Å². The van der Waals surface area contributed by atoms with Crippen LogP contribution < -0.4 is 15.6 Å². The monoisotopic (exact) mass is 415 g/mol. The first-order chi connectivity index (χ1) is 13.2. The maximum absolute atomic E-state index is 12.9. The summed E-state index contributed by atoms with van der Waals surface area (Å²) in [4.78, 5) is 24.6. The van der Waals surface area contributed by atoms with E-state index in [0.29, 0.717) is 31.6 Å². The highest BCUT2D eigenvalue weighted by Gasteiger charge is 2.36. The number of amides is 2. The lowest BCUT2D eigenvalue weighted by atomic mass is 10.0. The highest BCUT2D eigenvalue weighted by molar-refractivity contribution is 7.89. The Morgan fingerprint density at radius 1 is 1.25 bits per heavy atom. The summed E-state index contributed by atoms with van der Waals surface area (Å²) in [7, 11) is -3.52. The lowest BCUT2D eigenvalue weighted by Gasteiger charge is -2.33. The summed E-state index contributed by atoms with van der Waals surface area (Å²) in [5.74, 6) is -1.34. The molecule has 1 aromatic rings. The Bertz CT molecular complexity index is 785. The first-order valence-corrected chi connectivity index (χ1v) is 10.9. The van der Waals surface area contributed by atoms with Crippen molar-refractivity contribution in [3.8, 4) is 5.75 Å². The van der Waals surface area contributed by atoms with Crippen LogP contribution in [-0.2, 0) is 19.6 Å². The van der Waals surface area contributed by atoms with Gasteiger partial charge in [-0.3, -0.25) is 20.4 Å². The summed E-state index contributed by atoms with van der Waals surface area (Å²) in [5, 5.41) is 0. The number of rotatable bonds is 7. The van der Waals surface area contributed by atoms with Gasteiger partial charge in [0.2, 0.25) is 10.0 Å². The third-order valence-corrected chi connectivity index (χ3v) is 6.46. The van der Waals surface area contributed by atoms with Crippen molar-refractivity contribution in [2.24, 2.45) is 0 Å². The zero-order chi connectivity index (χ0) is 20.7. The fourth-order valence-electron chi connectivity index (χ4n) is 2.95. The summed E-state index contributed by atoms with van der Waals surface area (Å²) in [6, 6.07) is 4.33. The van der Waals surface area contributed by atoms with E-state index in [1.165, 1.54) is 35.5 Å². The van der Waals surface area contributed by atoms with Gasteiger partial charge in [0.1, 0.15) is 17.6 Å². The molecule has 1 aromatic carbocycles. The molecule has 10 heteroatoms. The fraction of sp³-hybridized carbons (Fsp3) is 0.556. The number of halogens is 1. The van der Waals surface area contributed by atoms with E-state index in [2.05, 4.69) is 10.9 Å². The number of carbonyl (C=O) groups is 2. The molecule has 2 N–H and O–H groups in total. The molecule has 2 rings (SSSR count). The molecule has 1 heterocycles. The van der Waals surface area contributed by atoms with Crippen molar-refractivity contribution in [3.63, 3.8) is 0 Å². The zero-order valence-corrected chi connectivity index (χ0v) is 16.8. The summed E-state index contributed by atoms with van der Waals surface area (Å²) < 4.78 is 44.3. The summed E-state index contributed by atoms with van der Waals surface area (Å²) in [5.41, 5.74) is 4.54. The Kier molecular flexibility index (Phi) is 7.76. The van der Waals surface area contributed by atoms with Crippen LogP contribution in [0.4, 0.5) is 4.39 Å². The Hall–Kier alpha value is -2.20. The maximum Gasteiger partial charge on any atom is 0.279 e. The molecule has 2 atom stereocenters. The van der Waals surface area contributed by atoms with Crippen molar-refractivity contribution < 1.29 is 27.1 Å². The van der Waals surface area contributed by atoms with Gasteiger partial charge in [-0.25, -0.2) is 12.8 Å². The molecule has 0 radical (unpaired) electrons. The van der Waals surface area contributed by atoms with Gasteiger partial charge in [-0.1, -0.05) is 13.3 Å². The van der Waals surface area contributed by atoms with Gasteiger partial charge in [-0.05, 0) is 50.5 Å². The highest BCUT2D eigenvalue weighted by Crippen LogP contribution is 2.21. The number of piperidine rings is 1. The van der Waals surface area contributed by atoms with E-state index in [1.54, 1.807) is 6.92 Å². The molecule has 2 amide bonds. The van der Waals surface area contributed by atoms with Gasteiger partial charge in [-0.2, -0.15) is 4.31 Å². The van der Waals surface area contributed by atoms with Crippen LogP contribution in [0.1, 0.15) is 39.5 Å². The molecule has 0 bridgehead atoms. The van der Waals surface area contributed by atoms with E-state index >= 15 is 0 Å². The van der Waals surface area contributed by atoms with Crippen LogP contribution in [0.5, 0.6) is 5.75 Å². The first kappa shape index (κ1) is 22.1. The zero-order valence-electron chi connectivity index (χ0n) is 16.0. The normalized spacial score (nSPS) is 18.9. The van der Waals surface area contributed by atoms with E-state index in [0.717, 1.165) is 6.42 Å². The van der Waals surface area contributed by atoms with Crippen molar-refractivity contribution in [3.05, 3.63) is 30.1 Å². The van der Waals surface area contributed by atoms with E-state index in [1.807, 2.05) is 0 Å². The predicted octanol–water partition coefficient (Wildman–Crippen LogP) is 1.33. The van der Waals surface area contributed by atoms with E-state index in [9.17, 15) is 22.4 Å². The van der Waals surface area contributed by atoms with Crippen molar-refractivity contribution in [1.82, 2.24) is 15.2 Å². The maximum atomic E-state index is 12.9. The first-order valence-electron chi connectivity index (χ1n) is 9.26. The Labute approximate surface area is 164 Å². The van der Waals surface area contributed by atoms with Gasteiger partial charge in [-0.15, -0.1) is 0 Å². The van der Waals surface area contributed by atoms with Crippen LogP contribution in [0.25, 0.3) is 0 Å². The molecule has 156 valence electrons. The fourth-order valence-corrected chi connectivity index (χ4v) is 4.70. The average molecular weight is 415 g/mol. The Morgan fingerprint density at radius 2 is 1.93 bits per heavy atom. The second kappa shape index (κ2) is 9.83. The van der Waals surface area contributed by atoms with E-state index in [-0.39, 0.29) is 5.75 Å². The minimum Gasteiger partial charge on any atom is -0.481 e. The molecule has 0 aliphatic carbocycles. The Balaban J connectivity index is 1.91. The van der Waals surface area contributed by atoms with Gasteiger partial charge < -0.3 is 4.74 Å². The standard InChI is InChI=1S/C18H26FN3O5S/c1-3-12-28(25,26)22-11-5-4-6-16(22)18(24)21-20-17(23)13(2)27-15-9-7-14(19)8-10-15/h7-10,13,16H,3-6,11-12H2,1-2H3,(H,20,23)(H,21,24). The molecule has 1 aliphatic heterocycles.